The molecule has 2 rings (SSSR count). The zero-order chi connectivity index (χ0) is 15.4. The molecule has 3 nitrogen and oxygen atoms in total. The molecular formula is C18H31N3. The molecule has 2 heterocycles. The maximum atomic E-state index is 4.31. The third-order valence-electron chi connectivity index (χ3n) is 4.59. The monoisotopic (exact) mass is 289 g/mol. The lowest BCUT2D eigenvalue weighted by molar-refractivity contribution is 0.0849. The molecule has 1 aliphatic rings. The molecule has 0 amide bonds. The van der Waals surface area contributed by atoms with E-state index < -0.39 is 0 Å². The minimum atomic E-state index is 0.619. The van der Waals surface area contributed by atoms with Gasteiger partial charge in [0.2, 0.25) is 0 Å². The second kappa shape index (κ2) is 7.37. The maximum absolute atomic E-state index is 4.31. The third-order valence-corrected chi connectivity index (χ3v) is 4.59. The predicted octanol–water partition coefficient (Wildman–Crippen LogP) is 3.23. The van der Waals surface area contributed by atoms with E-state index in [0.717, 1.165) is 25.6 Å². The molecule has 0 aliphatic carbocycles. The predicted molar refractivity (Wildman–Crippen MR) is 89.3 cm³/mol. The van der Waals surface area contributed by atoms with Crippen molar-refractivity contribution in [2.24, 2.45) is 11.8 Å². The number of nitrogens with one attached hydrogen (secondary N) is 1. The first kappa shape index (κ1) is 16.4. The van der Waals surface area contributed by atoms with Gasteiger partial charge in [-0.05, 0) is 42.4 Å². The van der Waals surface area contributed by atoms with Crippen LogP contribution in [0.2, 0.25) is 0 Å². The van der Waals surface area contributed by atoms with E-state index in [0.29, 0.717) is 18.0 Å². The highest BCUT2D eigenvalue weighted by molar-refractivity contribution is 5.21. The summed E-state index contributed by atoms with van der Waals surface area (Å²) in [6, 6.07) is 3.36. The normalized spacial score (nSPS) is 24.0. The molecule has 1 N–H and O–H groups in total. The summed E-state index contributed by atoms with van der Waals surface area (Å²) in [4.78, 5) is 6.97. The van der Waals surface area contributed by atoms with Crippen LogP contribution in [0.25, 0.3) is 0 Å². The summed E-state index contributed by atoms with van der Waals surface area (Å²) < 4.78 is 0. The molecule has 2 unspecified atom stereocenters. The van der Waals surface area contributed by atoms with Crippen LogP contribution >= 0.6 is 0 Å². The number of rotatable bonds is 5. The van der Waals surface area contributed by atoms with Crippen molar-refractivity contribution in [3.63, 3.8) is 0 Å². The lowest BCUT2D eigenvalue weighted by Crippen LogP contribution is -2.58. The average molecular weight is 289 g/mol. The Kier molecular flexibility index (Phi) is 5.77. The lowest BCUT2D eigenvalue weighted by atomic mass is 9.94. The largest absolute Gasteiger partial charge is 0.311 e. The third kappa shape index (κ3) is 4.52. The summed E-state index contributed by atoms with van der Waals surface area (Å²) in [7, 11) is 0. The Labute approximate surface area is 130 Å². The summed E-state index contributed by atoms with van der Waals surface area (Å²) in [5, 5.41) is 3.75. The van der Waals surface area contributed by atoms with E-state index in [4.69, 9.17) is 0 Å². The summed E-state index contributed by atoms with van der Waals surface area (Å²) in [6.07, 6.45) is 5.18. The van der Waals surface area contributed by atoms with Crippen molar-refractivity contribution in [3.05, 3.63) is 29.6 Å². The van der Waals surface area contributed by atoms with E-state index in [1.165, 1.54) is 17.5 Å². The Morgan fingerprint density at radius 1 is 1.33 bits per heavy atom. The molecule has 21 heavy (non-hydrogen) atoms. The first-order valence-corrected chi connectivity index (χ1v) is 8.34. The van der Waals surface area contributed by atoms with Gasteiger partial charge in [-0.15, -0.1) is 0 Å². The fraction of sp³-hybridized carbons (Fsp3) is 0.722. The second-order valence-electron chi connectivity index (χ2n) is 7.28. The summed E-state index contributed by atoms with van der Waals surface area (Å²) >= 11 is 0. The number of piperazine rings is 1. The van der Waals surface area contributed by atoms with Crippen LogP contribution in [0.4, 0.5) is 0 Å². The molecule has 0 radical (unpaired) electrons. The van der Waals surface area contributed by atoms with Crippen LogP contribution in [0.3, 0.4) is 0 Å². The molecule has 1 aromatic rings. The first-order valence-electron chi connectivity index (χ1n) is 8.34. The van der Waals surface area contributed by atoms with E-state index in [1.54, 1.807) is 0 Å². The Bertz CT molecular complexity index is 442. The topological polar surface area (TPSA) is 28.2 Å². The van der Waals surface area contributed by atoms with Crippen LogP contribution in [0.15, 0.2) is 18.5 Å². The van der Waals surface area contributed by atoms with Gasteiger partial charge in [0.05, 0.1) is 0 Å². The van der Waals surface area contributed by atoms with E-state index in [1.807, 2.05) is 12.4 Å². The Hall–Kier alpha value is -0.930. The zero-order valence-corrected chi connectivity index (χ0v) is 14.3. The Balaban J connectivity index is 2.09. The summed E-state index contributed by atoms with van der Waals surface area (Å²) in [5.41, 5.74) is 2.72. The van der Waals surface area contributed by atoms with Crippen molar-refractivity contribution in [3.8, 4) is 0 Å². The highest BCUT2D eigenvalue weighted by atomic mass is 15.2. The van der Waals surface area contributed by atoms with Crippen LogP contribution in [0, 0.1) is 18.8 Å². The lowest BCUT2D eigenvalue weighted by Gasteiger charge is -2.43. The van der Waals surface area contributed by atoms with Gasteiger partial charge in [0, 0.05) is 44.1 Å². The van der Waals surface area contributed by atoms with Gasteiger partial charge in [-0.2, -0.15) is 0 Å². The van der Waals surface area contributed by atoms with Gasteiger partial charge >= 0.3 is 0 Å². The number of aromatic nitrogens is 1. The maximum Gasteiger partial charge on any atom is 0.0315 e. The summed E-state index contributed by atoms with van der Waals surface area (Å²) in [6.45, 7) is 14.8. The molecule has 0 spiro atoms. The van der Waals surface area contributed by atoms with Gasteiger partial charge in [0.15, 0.2) is 0 Å². The summed E-state index contributed by atoms with van der Waals surface area (Å²) in [5.74, 6) is 1.43. The fourth-order valence-electron chi connectivity index (χ4n) is 3.35. The number of pyridine rings is 1. The van der Waals surface area contributed by atoms with E-state index in [-0.39, 0.29) is 0 Å². The minimum Gasteiger partial charge on any atom is -0.311 e. The van der Waals surface area contributed by atoms with E-state index in [2.05, 4.69) is 55.9 Å². The van der Waals surface area contributed by atoms with Crippen LogP contribution in [0.1, 0.15) is 45.2 Å². The average Bonchev–Trinajstić information content (AvgIpc) is 2.40. The van der Waals surface area contributed by atoms with Crippen molar-refractivity contribution in [1.82, 2.24) is 15.2 Å². The molecule has 0 saturated carbocycles. The minimum absolute atomic E-state index is 0.619. The van der Waals surface area contributed by atoms with Crippen molar-refractivity contribution >= 4 is 0 Å². The SMILES string of the molecule is Cc1ccncc1CN1CC(CC(C)C)NCC1C(C)C. The molecule has 118 valence electrons. The molecule has 2 atom stereocenters. The molecule has 1 aromatic heterocycles. The highest BCUT2D eigenvalue weighted by Crippen LogP contribution is 2.21. The molecule has 1 fully saturated rings. The van der Waals surface area contributed by atoms with Crippen LogP contribution in [-0.2, 0) is 6.54 Å². The number of hydrogen-bond donors (Lipinski definition) is 1. The molecule has 3 heteroatoms. The van der Waals surface area contributed by atoms with Crippen LogP contribution < -0.4 is 5.32 Å². The van der Waals surface area contributed by atoms with Crippen molar-refractivity contribution < 1.29 is 0 Å². The molecule has 0 aromatic carbocycles. The number of aryl methyl sites for hydroxylation is 1. The standard InChI is InChI=1S/C18H31N3/c1-13(2)8-17-12-21(18(10-20-17)14(3)4)11-16-9-19-7-6-15(16)5/h6-7,9,13-14,17-18,20H,8,10-12H2,1-5H3. The van der Waals surface area contributed by atoms with Gasteiger partial charge in [-0.1, -0.05) is 27.7 Å². The van der Waals surface area contributed by atoms with Crippen LogP contribution in [-0.4, -0.2) is 35.1 Å². The fourth-order valence-corrected chi connectivity index (χ4v) is 3.35. The zero-order valence-electron chi connectivity index (χ0n) is 14.3. The highest BCUT2D eigenvalue weighted by Gasteiger charge is 2.30. The smallest absolute Gasteiger partial charge is 0.0315 e. The Morgan fingerprint density at radius 3 is 2.71 bits per heavy atom. The molecule has 1 aliphatic heterocycles. The quantitative estimate of drug-likeness (QED) is 0.902. The van der Waals surface area contributed by atoms with Gasteiger partial charge in [0.25, 0.3) is 0 Å². The van der Waals surface area contributed by atoms with Crippen molar-refractivity contribution in [2.45, 2.75) is 59.7 Å². The number of nitrogens with zero attached hydrogens (tertiary/aromatic N) is 2. The number of hydrogen-bond acceptors (Lipinski definition) is 3. The molecule has 1 saturated heterocycles. The van der Waals surface area contributed by atoms with Gasteiger partial charge in [-0.3, -0.25) is 9.88 Å². The first-order chi connectivity index (χ1) is 9.97. The van der Waals surface area contributed by atoms with Gasteiger partial charge in [0.1, 0.15) is 0 Å². The van der Waals surface area contributed by atoms with Gasteiger partial charge < -0.3 is 5.32 Å². The molecule has 0 bridgehead atoms. The van der Waals surface area contributed by atoms with Gasteiger partial charge in [-0.25, -0.2) is 0 Å². The molecular weight excluding hydrogens is 258 g/mol. The van der Waals surface area contributed by atoms with Crippen molar-refractivity contribution in [1.29, 1.82) is 0 Å². The second-order valence-corrected chi connectivity index (χ2v) is 7.28. The van der Waals surface area contributed by atoms with E-state index >= 15 is 0 Å². The van der Waals surface area contributed by atoms with Crippen LogP contribution in [0.5, 0.6) is 0 Å². The van der Waals surface area contributed by atoms with Crippen molar-refractivity contribution in [2.75, 3.05) is 13.1 Å². The van der Waals surface area contributed by atoms with E-state index in [9.17, 15) is 0 Å². The Morgan fingerprint density at radius 2 is 2.10 bits per heavy atom.